The summed E-state index contributed by atoms with van der Waals surface area (Å²) in [4.78, 5) is 13.9. The van der Waals surface area contributed by atoms with Crippen LogP contribution in [0.2, 0.25) is 0 Å². The van der Waals surface area contributed by atoms with Crippen LogP contribution in [0.4, 0.5) is 0 Å². The molecule has 0 radical (unpaired) electrons. The molecular weight excluding hydrogens is 238 g/mol. The highest BCUT2D eigenvalue weighted by Gasteiger charge is 2.49. The van der Waals surface area contributed by atoms with Gasteiger partial charge < -0.3 is 15.0 Å². The molecule has 1 saturated carbocycles. The van der Waals surface area contributed by atoms with Crippen LogP contribution in [-0.4, -0.2) is 41.9 Å². The largest absolute Gasteiger partial charge is 0.480 e. The van der Waals surface area contributed by atoms with Crippen LogP contribution in [0.1, 0.15) is 18.4 Å². The third-order valence-corrected chi connectivity index (χ3v) is 3.85. The van der Waals surface area contributed by atoms with E-state index in [9.17, 15) is 4.79 Å². The van der Waals surface area contributed by atoms with Crippen LogP contribution < -0.4 is 10.1 Å². The maximum atomic E-state index is 12.2. The van der Waals surface area contributed by atoms with Gasteiger partial charge in [0, 0.05) is 18.0 Å². The fraction of sp³-hybridized carbons (Fsp3) is 0.636. The Bertz CT molecular complexity index is 415. The number of hydrogen-bond acceptors (Lipinski definition) is 5. The molecule has 1 aliphatic carbocycles. The number of nitrogens with one attached hydrogen (secondary N) is 1. The van der Waals surface area contributed by atoms with Crippen molar-refractivity contribution in [3.8, 4) is 5.88 Å². The van der Waals surface area contributed by atoms with E-state index in [-0.39, 0.29) is 11.4 Å². The Balaban J connectivity index is 2.02. The smallest absolute Gasteiger partial charge is 0.242 e. The van der Waals surface area contributed by atoms with Crippen molar-refractivity contribution in [1.82, 2.24) is 14.6 Å². The van der Waals surface area contributed by atoms with Crippen LogP contribution in [-0.2, 0) is 11.3 Å². The van der Waals surface area contributed by atoms with Crippen LogP contribution in [0.3, 0.4) is 0 Å². The molecule has 0 aliphatic heterocycles. The quantitative estimate of drug-likeness (QED) is 0.848. The third-order valence-electron chi connectivity index (χ3n) is 3.19. The van der Waals surface area contributed by atoms with Gasteiger partial charge in [0.15, 0.2) is 0 Å². The molecule has 1 N–H and O–H groups in total. The molecule has 1 aromatic rings. The summed E-state index contributed by atoms with van der Waals surface area (Å²) in [5, 5.41) is 5.02. The summed E-state index contributed by atoms with van der Waals surface area (Å²) in [5.74, 6) is 0.761. The zero-order valence-corrected chi connectivity index (χ0v) is 11.1. The summed E-state index contributed by atoms with van der Waals surface area (Å²) < 4.78 is 9.25. The molecule has 2 rings (SSSR count). The lowest BCUT2D eigenvalue weighted by Crippen LogP contribution is -2.45. The number of carbonyl (C=O) groups excluding carboxylic acids is 1. The minimum atomic E-state index is -0.314. The fourth-order valence-electron chi connectivity index (χ4n) is 1.91. The lowest BCUT2D eigenvalue weighted by atomic mass is 10.2. The van der Waals surface area contributed by atoms with Gasteiger partial charge in [0.2, 0.25) is 11.8 Å². The predicted octanol–water partition coefficient (Wildman–Crippen LogP) is 0.862. The van der Waals surface area contributed by atoms with E-state index in [0.29, 0.717) is 12.4 Å². The average molecular weight is 255 g/mol. The Hall–Kier alpha value is -1.14. The molecule has 5 nitrogen and oxygen atoms in total. The number of aromatic nitrogens is 1. The monoisotopic (exact) mass is 255 g/mol. The molecule has 1 aliphatic rings. The van der Waals surface area contributed by atoms with E-state index < -0.39 is 0 Å². The molecular formula is C11H17N3O2S. The lowest BCUT2D eigenvalue weighted by Gasteiger charge is -2.22. The number of amides is 1. The number of hydrogen-bond donors (Lipinski definition) is 1. The molecule has 1 fully saturated rings. The first kappa shape index (κ1) is 12.3. The van der Waals surface area contributed by atoms with Gasteiger partial charge >= 0.3 is 0 Å². The number of rotatable bonds is 5. The second-order valence-corrected chi connectivity index (χ2v) is 4.97. The van der Waals surface area contributed by atoms with Gasteiger partial charge in [-0.05, 0) is 31.4 Å². The highest BCUT2D eigenvalue weighted by atomic mass is 32.1. The van der Waals surface area contributed by atoms with Gasteiger partial charge in [-0.15, -0.1) is 0 Å². The maximum absolute atomic E-state index is 12.2. The van der Waals surface area contributed by atoms with Gasteiger partial charge in [0.25, 0.3) is 0 Å². The van der Waals surface area contributed by atoms with Crippen LogP contribution in [0.5, 0.6) is 5.88 Å². The van der Waals surface area contributed by atoms with Crippen molar-refractivity contribution in [2.24, 2.45) is 0 Å². The Morgan fingerprint density at radius 3 is 2.94 bits per heavy atom. The SMILES string of the molecule is CNC1(C(=O)N(C)Cc2csnc2OC)CC1. The zero-order valence-electron chi connectivity index (χ0n) is 10.3. The van der Waals surface area contributed by atoms with Crippen molar-refractivity contribution >= 4 is 17.4 Å². The number of methoxy groups -OCH3 is 1. The Kier molecular flexibility index (Phi) is 3.35. The topological polar surface area (TPSA) is 54.5 Å². The Morgan fingerprint density at radius 2 is 2.41 bits per heavy atom. The van der Waals surface area contributed by atoms with Crippen molar-refractivity contribution in [2.45, 2.75) is 24.9 Å². The van der Waals surface area contributed by atoms with Crippen LogP contribution in [0.25, 0.3) is 0 Å². The van der Waals surface area contributed by atoms with Gasteiger partial charge in [-0.25, -0.2) is 0 Å². The van der Waals surface area contributed by atoms with Gasteiger partial charge in [-0.1, -0.05) is 0 Å². The van der Waals surface area contributed by atoms with E-state index in [0.717, 1.165) is 18.4 Å². The van der Waals surface area contributed by atoms with Gasteiger partial charge in [-0.3, -0.25) is 4.79 Å². The normalized spacial score (nSPS) is 16.6. The Morgan fingerprint density at radius 1 is 1.71 bits per heavy atom. The molecule has 1 amide bonds. The molecule has 6 heteroatoms. The lowest BCUT2D eigenvalue weighted by molar-refractivity contribution is -0.133. The summed E-state index contributed by atoms with van der Waals surface area (Å²) in [6, 6.07) is 0. The molecule has 0 spiro atoms. The molecule has 0 atom stereocenters. The fourth-order valence-corrected chi connectivity index (χ4v) is 2.55. The maximum Gasteiger partial charge on any atom is 0.242 e. The second kappa shape index (κ2) is 4.62. The van der Waals surface area contributed by atoms with Crippen LogP contribution in [0, 0.1) is 0 Å². The minimum Gasteiger partial charge on any atom is -0.480 e. The van der Waals surface area contributed by atoms with Crippen molar-refractivity contribution in [3.05, 3.63) is 10.9 Å². The van der Waals surface area contributed by atoms with Crippen LogP contribution >= 0.6 is 11.5 Å². The van der Waals surface area contributed by atoms with E-state index in [1.165, 1.54) is 11.5 Å². The predicted molar refractivity (Wildman–Crippen MR) is 66.2 cm³/mol. The van der Waals surface area contributed by atoms with E-state index >= 15 is 0 Å². The summed E-state index contributed by atoms with van der Waals surface area (Å²) in [7, 11) is 5.25. The first-order valence-electron chi connectivity index (χ1n) is 5.54. The van der Waals surface area contributed by atoms with Gasteiger partial charge in [-0.2, -0.15) is 4.37 Å². The number of carbonyl (C=O) groups is 1. The summed E-state index contributed by atoms with van der Waals surface area (Å²) in [6.45, 7) is 0.544. The average Bonchev–Trinajstić information content (AvgIpc) is 3.02. The van der Waals surface area contributed by atoms with E-state index in [4.69, 9.17) is 4.74 Å². The first-order valence-corrected chi connectivity index (χ1v) is 6.38. The molecule has 0 unspecified atom stereocenters. The molecule has 0 bridgehead atoms. The summed E-state index contributed by atoms with van der Waals surface area (Å²) >= 11 is 1.34. The number of nitrogens with zero attached hydrogens (tertiary/aromatic N) is 2. The minimum absolute atomic E-state index is 0.147. The standard InChI is InChI=1S/C11H17N3O2S/c1-12-11(4-5-11)10(15)14(2)6-8-7-17-13-9(8)16-3/h7,12H,4-6H2,1-3H3. The van der Waals surface area contributed by atoms with Crippen molar-refractivity contribution in [3.63, 3.8) is 0 Å². The number of ether oxygens (including phenoxy) is 1. The molecule has 0 saturated heterocycles. The van der Waals surface area contributed by atoms with Gasteiger partial charge in [0.1, 0.15) is 0 Å². The highest BCUT2D eigenvalue weighted by Crippen LogP contribution is 2.37. The van der Waals surface area contributed by atoms with Crippen molar-refractivity contribution in [1.29, 1.82) is 0 Å². The Labute approximate surface area is 105 Å². The first-order chi connectivity index (χ1) is 8.13. The molecule has 1 heterocycles. The summed E-state index contributed by atoms with van der Waals surface area (Å²) in [5.41, 5.74) is 0.645. The molecule has 17 heavy (non-hydrogen) atoms. The zero-order chi connectivity index (χ0) is 12.5. The molecule has 1 aromatic heterocycles. The third kappa shape index (κ3) is 2.28. The number of likely N-dealkylation sites (N-methyl/N-ethyl adjacent to an activating group) is 2. The van der Waals surface area contributed by atoms with Gasteiger partial charge in [0.05, 0.1) is 19.2 Å². The highest BCUT2D eigenvalue weighted by molar-refractivity contribution is 7.03. The molecule has 0 aromatic carbocycles. The van der Waals surface area contributed by atoms with Crippen LogP contribution in [0.15, 0.2) is 5.38 Å². The van der Waals surface area contributed by atoms with E-state index in [2.05, 4.69) is 9.69 Å². The van der Waals surface area contributed by atoms with Crippen molar-refractivity contribution in [2.75, 3.05) is 21.2 Å². The summed E-state index contributed by atoms with van der Waals surface area (Å²) in [6.07, 6.45) is 1.84. The molecule has 94 valence electrons. The van der Waals surface area contributed by atoms with Crippen molar-refractivity contribution < 1.29 is 9.53 Å². The van der Waals surface area contributed by atoms with E-state index in [1.54, 1.807) is 12.0 Å². The van der Waals surface area contributed by atoms with E-state index in [1.807, 2.05) is 19.5 Å². The second-order valence-electron chi connectivity index (χ2n) is 4.34.